The van der Waals surface area contributed by atoms with E-state index < -0.39 is 0 Å². The number of aromatic nitrogens is 2. The maximum Gasteiger partial charge on any atom is 0.319 e. The van der Waals surface area contributed by atoms with Crippen LogP contribution in [0.25, 0.3) is 0 Å². The molecule has 0 spiro atoms. The van der Waals surface area contributed by atoms with Gasteiger partial charge < -0.3 is 20.9 Å². The highest BCUT2D eigenvalue weighted by molar-refractivity contribution is 5.89. The van der Waals surface area contributed by atoms with Crippen molar-refractivity contribution in [3.63, 3.8) is 0 Å². The topological polar surface area (TPSA) is 82.2 Å². The van der Waals surface area contributed by atoms with E-state index in [1.165, 1.54) is 19.3 Å². The van der Waals surface area contributed by atoms with Gasteiger partial charge >= 0.3 is 6.03 Å². The van der Waals surface area contributed by atoms with Gasteiger partial charge in [0.2, 0.25) is 0 Å². The molecule has 27 heavy (non-hydrogen) atoms. The van der Waals surface area contributed by atoms with E-state index in [0.29, 0.717) is 13.1 Å². The van der Waals surface area contributed by atoms with Crippen molar-refractivity contribution in [3.8, 4) is 0 Å². The first-order valence-corrected chi connectivity index (χ1v) is 9.56. The van der Waals surface area contributed by atoms with Crippen molar-refractivity contribution in [2.45, 2.75) is 33.1 Å². The maximum atomic E-state index is 11.9. The van der Waals surface area contributed by atoms with E-state index in [4.69, 9.17) is 0 Å². The summed E-state index contributed by atoms with van der Waals surface area (Å²) in [6.07, 6.45) is 3.72. The molecule has 1 aromatic carbocycles. The van der Waals surface area contributed by atoms with Crippen LogP contribution in [0.4, 0.5) is 22.1 Å². The SMILES string of the molecule is Cc1ccc(NC(=O)NCCNc2cc(N3CCCCC3)nc(C)n2)cc1. The second kappa shape index (κ2) is 9.21. The number of carbonyl (C=O) groups is 1. The molecule has 2 amide bonds. The first kappa shape index (κ1) is 18.9. The van der Waals surface area contributed by atoms with Crippen molar-refractivity contribution in [3.05, 3.63) is 41.7 Å². The molecule has 1 aromatic heterocycles. The van der Waals surface area contributed by atoms with Gasteiger partial charge in [0.15, 0.2) is 0 Å². The fraction of sp³-hybridized carbons (Fsp3) is 0.450. The zero-order valence-electron chi connectivity index (χ0n) is 16.1. The summed E-state index contributed by atoms with van der Waals surface area (Å²) in [5.41, 5.74) is 1.94. The third-order valence-electron chi connectivity index (χ3n) is 4.53. The van der Waals surface area contributed by atoms with Gasteiger partial charge in [-0.15, -0.1) is 0 Å². The Kier molecular flexibility index (Phi) is 6.46. The van der Waals surface area contributed by atoms with Crippen molar-refractivity contribution in [2.75, 3.05) is 41.7 Å². The van der Waals surface area contributed by atoms with Crippen molar-refractivity contribution < 1.29 is 4.79 Å². The summed E-state index contributed by atoms with van der Waals surface area (Å²) >= 11 is 0. The number of urea groups is 1. The molecule has 3 rings (SSSR count). The van der Waals surface area contributed by atoms with E-state index >= 15 is 0 Å². The van der Waals surface area contributed by atoms with E-state index in [2.05, 4.69) is 30.8 Å². The second-order valence-electron chi connectivity index (χ2n) is 6.88. The van der Waals surface area contributed by atoms with Crippen LogP contribution >= 0.6 is 0 Å². The normalized spacial score (nSPS) is 13.9. The van der Waals surface area contributed by atoms with Crippen LogP contribution in [0, 0.1) is 13.8 Å². The Morgan fingerprint density at radius 2 is 1.78 bits per heavy atom. The Bertz CT molecular complexity index is 756. The van der Waals surface area contributed by atoms with Gasteiger partial charge in [0.1, 0.15) is 17.5 Å². The predicted molar refractivity (Wildman–Crippen MR) is 110 cm³/mol. The summed E-state index contributed by atoms with van der Waals surface area (Å²) in [7, 11) is 0. The van der Waals surface area contributed by atoms with Gasteiger partial charge in [0, 0.05) is 37.9 Å². The Morgan fingerprint density at radius 1 is 1.04 bits per heavy atom. The number of aryl methyl sites for hydroxylation is 2. The molecule has 0 atom stereocenters. The van der Waals surface area contributed by atoms with Crippen LogP contribution in [0.15, 0.2) is 30.3 Å². The van der Waals surface area contributed by atoms with E-state index in [0.717, 1.165) is 41.8 Å². The molecule has 1 fully saturated rings. The maximum absolute atomic E-state index is 11.9. The number of nitrogens with zero attached hydrogens (tertiary/aromatic N) is 3. The first-order valence-electron chi connectivity index (χ1n) is 9.56. The molecular formula is C20H28N6O. The molecule has 7 nitrogen and oxygen atoms in total. The minimum atomic E-state index is -0.214. The molecule has 1 saturated heterocycles. The molecule has 0 bridgehead atoms. The van der Waals surface area contributed by atoms with Crippen LogP contribution in [0.5, 0.6) is 0 Å². The molecule has 7 heteroatoms. The molecule has 2 aromatic rings. The lowest BCUT2D eigenvalue weighted by Crippen LogP contribution is -2.33. The zero-order valence-corrected chi connectivity index (χ0v) is 16.1. The monoisotopic (exact) mass is 368 g/mol. The molecule has 0 aliphatic carbocycles. The van der Waals surface area contributed by atoms with Crippen LogP contribution in [0.2, 0.25) is 0 Å². The van der Waals surface area contributed by atoms with Gasteiger partial charge in [-0.3, -0.25) is 0 Å². The number of anilines is 3. The number of hydrogen-bond donors (Lipinski definition) is 3. The van der Waals surface area contributed by atoms with Gasteiger partial charge in [-0.05, 0) is 45.2 Å². The number of hydrogen-bond acceptors (Lipinski definition) is 5. The van der Waals surface area contributed by atoms with Crippen molar-refractivity contribution in [2.24, 2.45) is 0 Å². The molecule has 0 radical (unpaired) electrons. The lowest BCUT2D eigenvalue weighted by atomic mass is 10.1. The Balaban J connectivity index is 1.45. The van der Waals surface area contributed by atoms with E-state index in [1.54, 1.807) is 0 Å². The van der Waals surface area contributed by atoms with Gasteiger partial charge in [0.25, 0.3) is 0 Å². The second-order valence-corrected chi connectivity index (χ2v) is 6.88. The van der Waals surface area contributed by atoms with Crippen LogP contribution in [0.1, 0.15) is 30.7 Å². The average Bonchev–Trinajstić information content (AvgIpc) is 2.67. The summed E-state index contributed by atoms with van der Waals surface area (Å²) in [4.78, 5) is 23.3. The van der Waals surface area contributed by atoms with Gasteiger partial charge in [-0.1, -0.05) is 17.7 Å². The lowest BCUT2D eigenvalue weighted by Gasteiger charge is -2.28. The van der Waals surface area contributed by atoms with Crippen LogP contribution in [-0.2, 0) is 0 Å². The number of nitrogens with one attached hydrogen (secondary N) is 3. The fourth-order valence-corrected chi connectivity index (χ4v) is 3.11. The summed E-state index contributed by atoms with van der Waals surface area (Å²) in [5, 5.41) is 8.93. The number of carbonyl (C=O) groups excluding carboxylic acids is 1. The van der Waals surface area contributed by atoms with E-state index in [1.807, 2.05) is 44.2 Å². The molecule has 1 aliphatic rings. The predicted octanol–water partition coefficient (Wildman–Crippen LogP) is 3.32. The van der Waals surface area contributed by atoms with Gasteiger partial charge in [-0.25, -0.2) is 14.8 Å². The number of benzene rings is 1. The van der Waals surface area contributed by atoms with Crippen LogP contribution in [0.3, 0.4) is 0 Å². The largest absolute Gasteiger partial charge is 0.368 e. The Labute approximate surface area is 160 Å². The highest BCUT2D eigenvalue weighted by atomic mass is 16.2. The first-order chi connectivity index (χ1) is 13.1. The van der Waals surface area contributed by atoms with Crippen LogP contribution in [-0.4, -0.2) is 42.2 Å². The van der Waals surface area contributed by atoms with Gasteiger partial charge in [0.05, 0.1) is 0 Å². The number of piperidine rings is 1. The van der Waals surface area contributed by atoms with Crippen molar-refractivity contribution in [1.29, 1.82) is 0 Å². The highest BCUT2D eigenvalue weighted by Gasteiger charge is 2.13. The molecule has 3 N–H and O–H groups in total. The highest BCUT2D eigenvalue weighted by Crippen LogP contribution is 2.20. The van der Waals surface area contributed by atoms with Crippen molar-refractivity contribution >= 4 is 23.4 Å². The third kappa shape index (κ3) is 5.84. The summed E-state index contributed by atoms with van der Waals surface area (Å²) in [5.74, 6) is 2.53. The third-order valence-corrected chi connectivity index (χ3v) is 4.53. The fourth-order valence-electron chi connectivity index (χ4n) is 3.11. The summed E-state index contributed by atoms with van der Waals surface area (Å²) in [6, 6.07) is 9.49. The van der Waals surface area contributed by atoms with Crippen LogP contribution < -0.4 is 20.9 Å². The van der Waals surface area contributed by atoms with E-state index in [9.17, 15) is 4.79 Å². The van der Waals surface area contributed by atoms with Crippen molar-refractivity contribution in [1.82, 2.24) is 15.3 Å². The summed E-state index contributed by atoms with van der Waals surface area (Å²) in [6.45, 7) is 7.12. The lowest BCUT2D eigenvalue weighted by molar-refractivity contribution is 0.252. The number of amides is 2. The molecule has 0 saturated carbocycles. The van der Waals surface area contributed by atoms with Gasteiger partial charge in [-0.2, -0.15) is 0 Å². The average molecular weight is 368 g/mol. The smallest absolute Gasteiger partial charge is 0.319 e. The molecule has 1 aliphatic heterocycles. The zero-order chi connectivity index (χ0) is 19.1. The Hall–Kier alpha value is -2.83. The van der Waals surface area contributed by atoms with E-state index in [-0.39, 0.29) is 6.03 Å². The summed E-state index contributed by atoms with van der Waals surface area (Å²) < 4.78 is 0. The quantitative estimate of drug-likeness (QED) is 0.682. The minimum Gasteiger partial charge on any atom is -0.368 e. The number of rotatable bonds is 6. The molecule has 144 valence electrons. The standard InChI is InChI=1S/C20H28N6O/c1-15-6-8-17(9-7-15)25-20(27)22-11-10-21-18-14-19(24-16(2)23-18)26-12-4-3-5-13-26/h6-9,14H,3-5,10-13H2,1-2H3,(H,21,23,24)(H2,22,25,27). The molecule has 2 heterocycles. The minimum absolute atomic E-state index is 0.214. The Morgan fingerprint density at radius 3 is 2.52 bits per heavy atom. The molecule has 0 unspecified atom stereocenters. The molecular weight excluding hydrogens is 340 g/mol.